The van der Waals surface area contributed by atoms with E-state index in [1.165, 1.54) is 12.1 Å². The monoisotopic (exact) mass is 274 g/mol. The number of thiocarbonyl (C=S) groups is 1. The maximum atomic E-state index is 12.8. The van der Waals surface area contributed by atoms with E-state index < -0.39 is 17.8 Å². The molecule has 0 aromatic heterocycles. The molecular formula is C11H12ClFN2OS. The van der Waals surface area contributed by atoms with E-state index in [0.29, 0.717) is 6.42 Å². The number of carbonyl (C=O) groups excluding carboxylic acids is 1. The van der Waals surface area contributed by atoms with Gasteiger partial charge >= 0.3 is 0 Å². The number of nitrogens with two attached hydrogens (primary N) is 1. The Kier molecular flexibility index (Phi) is 4.84. The van der Waals surface area contributed by atoms with E-state index in [0.717, 1.165) is 6.07 Å². The molecule has 0 aliphatic rings. The van der Waals surface area contributed by atoms with Crippen LogP contribution >= 0.6 is 23.8 Å². The van der Waals surface area contributed by atoms with Crippen molar-refractivity contribution in [2.45, 2.75) is 19.4 Å². The van der Waals surface area contributed by atoms with Crippen molar-refractivity contribution in [2.75, 3.05) is 0 Å². The number of hydrogen-bond donors (Lipinski definition) is 2. The fraction of sp³-hybridized carbons (Fsp3) is 0.273. The van der Waals surface area contributed by atoms with Gasteiger partial charge in [-0.1, -0.05) is 30.7 Å². The third-order valence-electron chi connectivity index (χ3n) is 2.23. The first kappa shape index (κ1) is 13.9. The molecule has 17 heavy (non-hydrogen) atoms. The molecular weight excluding hydrogens is 263 g/mol. The minimum Gasteiger partial charge on any atom is -0.392 e. The fourth-order valence-electron chi connectivity index (χ4n) is 1.28. The number of carbonyl (C=O) groups is 1. The van der Waals surface area contributed by atoms with Crippen molar-refractivity contribution >= 4 is 34.7 Å². The predicted molar refractivity (Wildman–Crippen MR) is 69.7 cm³/mol. The standard InChI is InChI=1S/C11H12ClFN2OS/c1-2-9(10(14)17)15-11(16)7-4-3-6(13)5-8(7)12/h3-5,9H,2H2,1H3,(H2,14,17)(H,15,16). The highest BCUT2D eigenvalue weighted by atomic mass is 35.5. The molecule has 1 aromatic rings. The summed E-state index contributed by atoms with van der Waals surface area (Å²) in [6.07, 6.45) is 0.583. The van der Waals surface area contributed by atoms with Crippen LogP contribution in [0, 0.1) is 5.82 Å². The summed E-state index contributed by atoms with van der Waals surface area (Å²) in [5, 5.41) is 2.69. The average molecular weight is 275 g/mol. The summed E-state index contributed by atoms with van der Waals surface area (Å²) in [6, 6.07) is 3.18. The maximum Gasteiger partial charge on any atom is 0.253 e. The largest absolute Gasteiger partial charge is 0.392 e. The highest BCUT2D eigenvalue weighted by Crippen LogP contribution is 2.17. The minimum absolute atomic E-state index is 0.0558. The minimum atomic E-state index is -0.493. The van der Waals surface area contributed by atoms with Gasteiger partial charge in [0.2, 0.25) is 0 Å². The normalized spacial score (nSPS) is 11.9. The van der Waals surface area contributed by atoms with Gasteiger partial charge in [-0.15, -0.1) is 0 Å². The Morgan fingerprint density at radius 3 is 2.76 bits per heavy atom. The molecule has 1 aromatic carbocycles. The molecule has 0 saturated carbocycles. The van der Waals surface area contributed by atoms with Crippen molar-refractivity contribution in [2.24, 2.45) is 5.73 Å². The van der Waals surface area contributed by atoms with E-state index in [9.17, 15) is 9.18 Å². The fourth-order valence-corrected chi connectivity index (χ4v) is 1.76. The second kappa shape index (κ2) is 5.93. The van der Waals surface area contributed by atoms with Crippen LogP contribution in [0.5, 0.6) is 0 Å². The first-order valence-corrected chi connectivity index (χ1v) is 5.79. The second-order valence-electron chi connectivity index (χ2n) is 3.46. The molecule has 0 radical (unpaired) electrons. The van der Waals surface area contributed by atoms with Crippen molar-refractivity contribution in [3.63, 3.8) is 0 Å². The van der Waals surface area contributed by atoms with Gasteiger partial charge < -0.3 is 11.1 Å². The molecule has 0 spiro atoms. The van der Waals surface area contributed by atoms with Crippen LogP contribution in [0.3, 0.4) is 0 Å². The molecule has 3 nitrogen and oxygen atoms in total. The Bertz CT molecular complexity index is 453. The van der Waals surface area contributed by atoms with E-state index in [4.69, 9.17) is 29.6 Å². The zero-order chi connectivity index (χ0) is 13.0. The smallest absolute Gasteiger partial charge is 0.253 e. The highest BCUT2D eigenvalue weighted by Gasteiger charge is 2.16. The van der Waals surface area contributed by atoms with Crippen LogP contribution in [-0.2, 0) is 0 Å². The summed E-state index contributed by atoms with van der Waals surface area (Å²) >= 11 is 10.6. The topological polar surface area (TPSA) is 55.1 Å². The highest BCUT2D eigenvalue weighted by molar-refractivity contribution is 7.80. The average Bonchev–Trinajstić information content (AvgIpc) is 2.24. The first-order valence-electron chi connectivity index (χ1n) is 5.01. The maximum absolute atomic E-state index is 12.8. The van der Waals surface area contributed by atoms with Crippen molar-refractivity contribution in [3.8, 4) is 0 Å². The molecule has 0 saturated heterocycles. The van der Waals surface area contributed by atoms with Gasteiger partial charge in [-0.3, -0.25) is 4.79 Å². The van der Waals surface area contributed by atoms with Crippen LogP contribution in [0.25, 0.3) is 0 Å². The SMILES string of the molecule is CCC(NC(=O)c1ccc(F)cc1Cl)C(N)=S. The van der Waals surface area contributed by atoms with Crippen molar-refractivity contribution in [3.05, 3.63) is 34.6 Å². The van der Waals surface area contributed by atoms with Crippen LogP contribution in [-0.4, -0.2) is 16.9 Å². The summed E-state index contributed by atoms with van der Waals surface area (Å²) < 4.78 is 12.8. The van der Waals surface area contributed by atoms with Crippen LogP contribution in [0.4, 0.5) is 4.39 Å². The quantitative estimate of drug-likeness (QED) is 0.828. The van der Waals surface area contributed by atoms with Crippen LogP contribution in [0.2, 0.25) is 5.02 Å². The lowest BCUT2D eigenvalue weighted by Crippen LogP contribution is -2.43. The molecule has 1 amide bonds. The molecule has 6 heteroatoms. The van der Waals surface area contributed by atoms with Crippen molar-refractivity contribution in [1.82, 2.24) is 5.32 Å². The number of rotatable bonds is 4. The van der Waals surface area contributed by atoms with Gasteiger partial charge in [0.05, 0.1) is 21.6 Å². The van der Waals surface area contributed by atoms with E-state index in [1.54, 1.807) is 0 Å². The van der Waals surface area contributed by atoms with Gasteiger partial charge in [-0.2, -0.15) is 0 Å². The summed E-state index contributed by atoms with van der Waals surface area (Å²) in [6.45, 7) is 1.84. The number of amides is 1. The zero-order valence-corrected chi connectivity index (χ0v) is 10.7. The van der Waals surface area contributed by atoms with Crippen molar-refractivity contribution < 1.29 is 9.18 Å². The van der Waals surface area contributed by atoms with E-state index in [-0.39, 0.29) is 15.6 Å². The molecule has 1 rings (SSSR count). The Hall–Kier alpha value is -1.20. The lowest BCUT2D eigenvalue weighted by Gasteiger charge is -2.15. The van der Waals surface area contributed by atoms with E-state index in [2.05, 4.69) is 5.32 Å². The molecule has 0 aliphatic heterocycles. The third kappa shape index (κ3) is 3.64. The number of halogens is 2. The Balaban J connectivity index is 2.86. The van der Waals surface area contributed by atoms with Gasteiger partial charge in [-0.05, 0) is 24.6 Å². The summed E-state index contributed by atoms with van der Waals surface area (Å²) in [4.78, 5) is 12.0. The molecule has 92 valence electrons. The Morgan fingerprint density at radius 1 is 1.65 bits per heavy atom. The predicted octanol–water partition coefficient (Wildman–Crippen LogP) is 2.27. The molecule has 0 bridgehead atoms. The van der Waals surface area contributed by atoms with Gasteiger partial charge in [0, 0.05) is 0 Å². The molecule has 1 atom stereocenters. The Labute approximate surface area is 109 Å². The van der Waals surface area contributed by atoms with Crippen LogP contribution in [0.1, 0.15) is 23.7 Å². The first-order chi connectivity index (χ1) is 7.95. The molecule has 0 aliphatic carbocycles. The van der Waals surface area contributed by atoms with Gasteiger partial charge in [0.25, 0.3) is 5.91 Å². The summed E-state index contributed by atoms with van der Waals surface area (Å²) in [7, 11) is 0. The molecule has 0 fully saturated rings. The lowest BCUT2D eigenvalue weighted by molar-refractivity contribution is 0.0946. The second-order valence-corrected chi connectivity index (χ2v) is 4.34. The molecule has 0 heterocycles. The number of hydrogen-bond acceptors (Lipinski definition) is 2. The number of nitrogens with one attached hydrogen (secondary N) is 1. The van der Waals surface area contributed by atoms with E-state index >= 15 is 0 Å². The van der Waals surface area contributed by atoms with Crippen LogP contribution < -0.4 is 11.1 Å². The summed E-state index contributed by atoms with van der Waals surface area (Å²) in [5.41, 5.74) is 5.66. The molecule has 1 unspecified atom stereocenters. The molecule has 3 N–H and O–H groups in total. The Morgan fingerprint density at radius 2 is 2.29 bits per heavy atom. The van der Waals surface area contributed by atoms with Gasteiger partial charge in [-0.25, -0.2) is 4.39 Å². The van der Waals surface area contributed by atoms with Crippen LogP contribution in [0.15, 0.2) is 18.2 Å². The van der Waals surface area contributed by atoms with Gasteiger partial charge in [0.1, 0.15) is 5.82 Å². The van der Waals surface area contributed by atoms with Gasteiger partial charge in [0.15, 0.2) is 0 Å². The van der Waals surface area contributed by atoms with E-state index in [1.807, 2.05) is 6.92 Å². The summed E-state index contributed by atoms with van der Waals surface area (Å²) in [5.74, 6) is -0.914. The number of benzene rings is 1. The zero-order valence-electron chi connectivity index (χ0n) is 9.17. The van der Waals surface area contributed by atoms with Crippen molar-refractivity contribution in [1.29, 1.82) is 0 Å². The third-order valence-corrected chi connectivity index (χ3v) is 2.83. The lowest BCUT2D eigenvalue weighted by atomic mass is 10.1.